The molecule has 24 heavy (non-hydrogen) atoms. The summed E-state index contributed by atoms with van der Waals surface area (Å²) in [5.74, 6) is 0.381. The Hall–Kier alpha value is -2.49. The summed E-state index contributed by atoms with van der Waals surface area (Å²) in [5, 5.41) is 7.38. The number of Topliss-reactive ketones (excluding diaryl/α,β-unsaturated/α-hetero) is 2. The number of hydrogen-bond acceptors (Lipinski definition) is 4. The van der Waals surface area contributed by atoms with Crippen LogP contribution < -0.4 is 0 Å². The molecule has 2 aliphatic carbocycles. The number of nitrogens with zero attached hydrogens (tertiary/aromatic N) is 1. The average Bonchev–Trinajstić information content (AvgIpc) is 3.34. The van der Waals surface area contributed by atoms with Crippen LogP contribution in [0.2, 0.25) is 0 Å². The van der Waals surface area contributed by atoms with Crippen LogP contribution in [-0.4, -0.2) is 16.7 Å². The smallest absolute Gasteiger partial charge is 0.167 e. The Bertz CT molecular complexity index is 997. The van der Waals surface area contributed by atoms with E-state index in [2.05, 4.69) is 29.4 Å². The van der Waals surface area contributed by atoms with Crippen LogP contribution >= 0.6 is 0 Å². The van der Waals surface area contributed by atoms with Gasteiger partial charge in [-0.25, -0.2) is 0 Å². The molecular formula is C20H17NO3. The molecule has 5 rings (SSSR count). The van der Waals surface area contributed by atoms with Gasteiger partial charge in [0.05, 0.1) is 17.7 Å². The first-order chi connectivity index (χ1) is 11.7. The van der Waals surface area contributed by atoms with Gasteiger partial charge in [-0.2, -0.15) is 0 Å². The van der Waals surface area contributed by atoms with Gasteiger partial charge in [0.2, 0.25) is 0 Å². The van der Waals surface area contributed by atoms with Crippen molar-refractivity contribution in [1.29, 1.82) is 0 Å². The maximum absolute atomic E-state index is 12.3. The van der Waals surface area contributed by atoms with E-state index < -0.39 is 0 Å². The Labute approximate surface area is 138 Å². The van der Waals surface area contributed by atoms with Crippen LogP contribution in [0.1, 0.15) is 55.2 Å². The van der Waals surface area contributed by atoms with Gasteiger partial charge in [-0.1, -0.05) is 29.4 Å². The molecular weight excluding hydrogens is 302 g/mol. The summed E-state index contributed by atoms with van der Waals surface area (Å²) in [7, 11) is 0. The summed E-state index contributed by atoms with van der Waals surface area (Å²) in [4.78, 5) is 23.8. The quantitative estimate of drug-likeness (QED) is 0.662. The lowest BCUT2D eigenvalue weighted by molar-refractivity contribution is -0.130. The third-order valence-corrected chi connectivity index (χ3v) is 5.35. The first-order valence-corrected chi connectivity index (χ1v) is 8.57. The third kappa shape index (κ3) is 2.09. The lowest BCUT2D eigenvalue weighted by atomic mass is 9.83. The lowest BCUT2D eigenvalue weighted by Crippen LogP contribution is -2.23. The van der Waals surface area contributed by atoms with Gasteiger partial charge in [-0.15, -0.1) is 0 Å². The van der Waals surface area contributed by atoms with Crippen molar-refractivity contribution in [2.45, 2.75) is 43.9 Å². The van der Waals surface area contributed by atoms with Crippen LogP contribution in [-0.2, 0) is 9.59 Å². The number of ketones is 2. The minimum atomic E-state index is -0.322. The number of hydrogen-bond donors (Lipinski definition) is 0. The highest BCUT2D eigenvalue weighted by molar-refractivity contribution is 6.11. The second kappa shape index (κ2) is 5.00. The molecule has 0 aliphatic heterocycles. The average molecular weight is 319 g/mol. The number of carbonyl (C=O) groups is 2. The van der Waals surface area contributed by atoms with Gasteiger partial charge in [0.15, 0.2) is 5.58 Å². The van der Waals surface area contributed by atoms with Gasteiger partial charge in [-0.3, -0.25) is 9.59 Å². The number of rotatable bonds is 2. The van der Waals surface area contributed by atoms with Crippen molar-refractivity contribution in [3.63, 3.8) is 0 Å². The molecule has 0 amide bonds. The SMILES string of the molecule is O=C1CC[C@@H](c2noc3ccc4cc(C5CC5)ccc4c23)C(=O)C1. The normalized spacial score (nSPS) is 21.8. The molecule has 2 saturated carbocycles. The number of carbonyl (C=O) groups excluding carboxylic acids is 2. The number of benzene rings is 2. The van der Waals surface area contributed by atoms with Crippen LogP contribution in [0.5, 0.6) is 0 Å². The highest BCUT2D eigenvalue weighted by Gasteiger charge is 2.32. The largest absolute Gasteiger partial charge is 0.356 e. The van der Waals surface area contributed by atoms with E-state index in [1.807, 2.05) is 6.07 Å². The topological polar surface area (TPSA) is 60.2 Å². The molecule has 4 nitrogen and oxygen atoms in total. The van der Waals surface area contributed by atoms with E-state index >= 15 is 0 Å². The predicted octanol–water partition coefficient (Wildman–Crippen LogP) is 4.26. The molecule has 0 unspecified atom stereocenters. The summed E-state index contributed by atoms with van der Waals surface area (Å²) in [6, 6.07) is 10.6. The van der Waals surface area contributed by atoms with E-state index in [1.54, 1.807) is 0 Å². The molecule has 4 heteroatoms. The second-order valence-corrected chi connectivity index (χ2v) is 7.03. The first-order valence-electron chi connectivity index (χ1n) is 8.57. The highest BCUT2D eigenvalue weighted by atomic mass is 16.5. The van der Waals surface area contributed by atoms with Crippen LogP contribution in [0.25, 0.3) is 21.7 Å². The Kier molecular flexibility index (Phi) is 2.90. The van der Waals surface area contributed by atoms with Crippen LogP contribution in [0.15, 0.2) is 34.9 Å². The summed E-state index contributed by atoms with van der Waals surface area (Å²) < 4.78 is 5.49. The molecule has 0 spiro atoms. The number of fused-ring (bicyclic) bond motifs is 3. The minimum Gasteiger partial charge on any atom is -0.356 e. The monoisotopic (exact) mass is 319 g/mol. The molecule has 1 atom stereocenters. The fourth-order valence-electron chi connectivity index (χ4n) is 3.88. The van der Waals surface area contributed by atoms with Crippen molar-refractivity contribution in [3.05, 3.63) is 41.6 Å². The Morgan fingerprint density at radius 2 is 1.92 bits per heavy atom. The molecule has 120 valence electrons. The summed E-state index contributed by atoms with van der Waals surface area (Å²) >= 11 is 0. The molecule has 2 fully saturated rings. The van der Waals surface area contributed by atoms with Gasteiger partial charge in [-0.05, 0) is 47.6 Å². The van der Waals surface area contributed by atoms with Crippen LogP contribution in [0, 0.1) is 0 Å². The van der Waals surface area contributed by atoms with Crippen molar-refractivity contribution in [2.24, 2.45) is 0 Å². The van der Waals surface area contributed by atoms with Gasteiger partial charge >= 0.3 is 0 Å². The number of aromatic nitrogens is 1. The summed E-state index contributed by atoms with van der Waals surface area (Å²) in [6.45, 7) is 0. The molecule has 0 radical (unpaired) electrons. The predicted molar refractivity (Wildman–Crippen MR) is 90.1 cm³/mol. The van der Waals surface area contributed by atoms with Crippen molar-refractivity contribution < 1.29 is 14.1 Å². The molecule has 3 aromatic rings. The molecule has 0 bridgehead atoms. The third-order valence-electron chi connectivity index (χ3n) is 5.35. The zero-order valence-electron chi connectivity index (χ0n) is 13.2. The Morgan fingerprint density at radius 3 is 2.71 bits per heavy atom. The molecule has 1 aromatic heterocycles. The van der Waals surface area contributed by atoms with Crippen molar-refractivity contribution in [3.8, 4) is 0 Å². The molecule has 0 saturated heterocycles. The van der Waals surface area contributed by atoms with E-state index in [0.29, 0.717) is 30.0 Å². The zero-order valence-corrected chi connectivity index (χ0v) is 13.2. The Balaban J connectivity index is 1.69. The van der Waals surface area contributed by atoms with Gasteiger partial charge in [0, 0.05) is 6.42 Å². The standard InChI is InChI=1S/C20H17NO3/c22-14-5-7-16(17(23)10-14)20-19-15-6-3-12(11-1-2-11)9-13(15)4-8-18(19)24-21-20/h3-4,6,8-9,11,16H,1-2,5,7,10H2/t16-/m1/s1. The van der Waals surface area contributed by atoms with E-state index in [1.165, 1.54) is 18.4 Å². The zero-order chi connectivity index (χ0) is 16.3. The van der Waals surface area contributed by atoms with E-state index in [-0.39, 0.29) is 23.9 Å². The van der Waals surface area contributed by atoms with Crippen molar-refractivity contribution in [2.75, 3.05) is 0 Å². The lowest BCUT2D eigenvalue weighted by Gasteiger charge is -2.18. The molecule has 1 heterocycles. The fraction of sp³-hybridized carbons (Fsp3) is 0.350. The van der Waals surface area contributed by atoms with E-state index in [9.17, 15) is 9.59 Å². The maximum Gasteiger partial charge on any atom is 0.167 e. The first kappa shape index (κ1) is 13.9. The minimum absolute atomic E-state index is 0.0234. The fourth-order valence-corrected chi connectivity index (χ4v) is 3.88. The molecule has 0 N–H and O–H groups in total. The van der Waals surface area contributed by atoms with Crippen molar-refractivity contribution >= 4 is 33.3 Å². The molecule has 2 aromatic carbocycles. The van der Waals surface area contributed by atoms with Gasteiger partial charge in [0.1, 0.15) is 17.3 Å². The second-order valence-electron chi connectivity index (χ2n) is 7.03. The van der Waals surface area contributed by atoms with Crippen LogP contribution in [0.3, 0.4) is 0 Å². The summed E-state index contributed by atoms with van der Waals surface area (Å²) in [6.07, 6.45) is 3.56. The highest BCUT2D eigenvalue weighted by Crippen LogP contribution is 2.42. The van der Waals surface area contributed by atoms with Crippen LogP contribution in [0.4, 0.5) is 0 Å². The van der Waals surface area contributed by atoms with E-state index in [4.69, 9.17) is 4.52 Å². The van der Waals surface area contributed by atoms with Gasteiger partial charge < -0.3 is 4.52 Å². The maximum atomic E-state index is 12.3. The van der Waals surface area contributed by atoms with Crippen molar-refractivity contribution in [1.82, 2.24) is 5.16 Å². The van der Waals surface area contributed by atoms with Gasteiger partial charge in [0.25, 0.3) is 0 Å². The molecule has 2 aliphatic rings. The van der Waals surface area contributed by atoms with E-state index in [0.717, 1.165) is 16.2 Å². The Morgan fingerprint density at radius 1 is 1.04 bits per heavy atom. The summed E-state index contributed by atoms with van der Waals surface area (Å²) in [5.41, 5.74) is 2.80.